The van der Waals surface area contributed by atoms with Crippen LogP contribution >= 0.6 is 0 Å². The van der Waals surface area contributed by atoms with Crippen molar-refractivity contribution in [1.82, 2.24) is 4.98 Å². The zero-order valence-electron chi connectivity index (χ0n) is 7.43. The van der Waals surface area contributed by atoms with Crippen LogP contribution in [-0.2, 0) is 6.18 Å². The summed E-state index contributed by atoms with van der Waals surface area (Å²) in [6.07, 6.45) is -2.52. The maximum Gasteiger partial charge on any atom is 0.416 e. The van der Waals surface area contributed by atoms with Crippen molar-refractivity contribution in [3.05, 3.63) is 35.5 Å². The summed E-state index contributed by atoms with van der Waals surface area (Å²) in [4.78, 5) is 13.3. The van der Waals surface area contributed by atoms with E-state index in [1.165, 1.54) is 12.3 Å². The van der Waals surface area contributed by atoms with Crippen LogP contribution in [0, 0.1) is 0 Å². The minimum absolute atomic E-state index is 0.0184. The average molecular weight is 213 g/mol. The van der Waals surface area contributed by atoms with Gasteiger partial charge in [-0.3, -0.25) is 4.79 Å². The number of carbonyl (C=O) groups is 1. The summed E-state index contributed by atoms with van der Waals surface area (Å²) in [6.45, 7) is 0. The number of hydrogen-bond acceptors (Lipinski definition) is 1. The first-order chi connectivity index (χ1) is 7.02. The predicted octanol–water partition coefficient (Wildman–Crippen LogP) is 3.00. The lowest BCUT2D eigenvalue weighted by molar-refractivity contribution is -0.137. The Morgan fingerprint density at radius 2 is 2.00 bits per heavy atom. The summed E-state index contributed by atoms with van der Waals surface area (Å²) in [5.74, 6) is 0. The minimum atomic E-state index is -4.43. The van der Waals surface area contributed by atoms with E-state index < -0.39 is 11.7 Å². The van der Waals surface area contributed by atoms with E-state index in [1.807, 2.05) is 0 Å². The number of fused-ring (bicyclic) bond motifs is 1. The Balaban J connectivity index is 2.74. The third-order valence-electron chi connectivity index (χ3n) is 2.14. The second-order valence-electron chi connectivity index (χ2n) is 3.12. The van der Waals surface area contributed by atoms with Gasteiger partial charge < -0.3 is 4.98 Å². The van der Waals surface area contributed by atoms with Crippen molar-refractivity contribution in [2.75, 3.05) is 0 Å². The number of nitrogens with one attached hydrogen (secondary N) is 1. The first-order valence-corrected chi connectivity index (χ1v) is 4.16. The van der Waals surface area contributed by atoms with Gasteiger partial charge in [0.1, 0.15) is 0 Å². The Morgan fingerprint density at radius 3 is 2.60 bits per heavy atom. The van der Waals surface area contributed by atoms with Gasteiger partial charge in [-0.2, -0.15) is 13.2 Å². The number of carbonyl (C=O) groups excluding carboxylic acids is 1. The van der Waals surface area contributed by atoms with Gasteiger partial charge >= 0.3 is 6.18 Å². The van der Waals surface area contributed by atoms with E-state index in [-0.39, 0.29) is 5.56 Å². The summed E-state index contributed by atoms with van der Waals surface area (Å²) in [5.41, 5.74) is -0.362. The Bertz CT molecular complexity index is 513. The molecule has 0 atom stereocenters. The standard InChI is InChI=1S/C10H6F3NO/c11-10(12,13)8-3-6-1-2-14-9(6)7(4-8)5-15/h1-5,14H. The summed E-state index contributed by atoms with van der Waals surface area (Å²) >= 11 is 0. The van der Waals surface area contributed by atoms with E-state index in [2.05, 4.69) is 4.98 Å². The van der Waals surface area contributed by atoms with Crippen molar-refractivity contribution in [3.63, 3.8) is 0 Å². The van der Waals surface area contributed by atoms with Gasteiger partial charge in [0.05, 0.1) is 11.1 Å². The zero-order chi connectivity index (χ0) is 11.1. The molecule has 0 saturated heterocycles. The molecule has 0 aliphatic rings. The maximum absolute atomic E-state index is 12.4. The second-order valence-corrected chi connectivity index (χ2v) is 3.12. The van der Waals surface area contributed by atoms with Crippen molar-refractivity contribution in [3.8, 4) is 0 Å². The second kappa shape index (κ2) is 3.12. The summed E-state index contributed by atoms with van der Waals surface area (Å²) < 4.78 is 37.2. The predicted molar refractivity (Wildman–Crippen MR) is 48.7 cm³/mol. The Kier molecular flexibility index (Phi) is 2.03. The number of alkyl halides is 3. The van der Waals surface area contributed by atoms with Crippen LogP contribution in [0.15, 0.2) is 24.4 Å². The number of aromatic amines is 1. The van der Waals surface area contributed by atoms with Crippen molar-refractivity contribution in [2.24, 2.45) is 0 Å². The summed E-state index contributed by atoms with van der Waals surface area (Å²) in [7, 11) is 0. The minimum Gasteiger partial charge on any atom is -0.361 e. The van der Waals surface area contributed by atoms with Gasteiger partial charge in [-0.1, -0.05) is 0 Å². The maximum atomic E-state index is 12.4. The van der Waals surface area contributed by atoms with E-state index in [0.29, 0.717) is 17.2 Å². The molecular weight excluding hydrogens is 207 g/mol. The van der Waals surface area contributed by atoms with Crippen LogP contribution in [0.5, 0.6) is 0 Å². The SMILES string of the molecule is O=Cc1cc(C(F)(F)F)cc2cc[nH]c12. The smallest absolute Gasteiger partial charge is 0.361 e. The van der Waals surface area contributed by atoms with E-state index in [4.69, 9.17) is 0 Å². The molecule has 2 aromatic rings. The number of rotatable bonds is 1. The normalized spacial score (nSPS) is 11.9. The molecule has 1 heterocycles. The lowest BCUT2D eigenvalue weighted by Gasteiger charge is -2.07. The highest BCUT2D eigenvalue weighted by atomic mass is 19.4. The Hall–Kier alpha value is -1.78. The number of halogens is 3. The van der Waals surface area contributed by atoms with Gasteiger partial charge in [-0.15, -0.1) is 0 Å². The third-order valence-corrected chi connectivity index (χ3v) is 2.14. The van der Waals surface area contributed by atoms with E-state index in [1.54, 1.807) is 0 Å². The third kappa shape index (κ3) is 1.60. The highest BCUT2D eigenvalue weighted by Crippen LogP contribution is 2.32. The molecule has 2 rings (SSSR count). The van der Waals surface area contributed by atoms with Crippen LogP contribution in [0.2, 0.25) is 0 Å². The van der Waals surface area contributed by atoms with Crippen molar-refractivity contribution < 1.29 is 18.0 Å². The molecule has 0 fully saturated rings. The van der Waals surface area contributed by atoms with E-state index in [0.717, 1.165) is 12.1 Å². The van der Waals surface area contributed by atoms with Crippen molar-refractivity contribution >= 4 is 17.2 Å². The first kappa shape index (κ1) is 9.76. The van der Waals surface area contributed by atoms with Crippen LogP contribution in [-0.4, -0.2) is 11.3 Å². The Morgan fingerprint density at radius 1 is 1.27 bits per heavy atom. The zero-order valence-corrected chi connectivity index (χ0v) is 7.43. The highest BCUT2D eigenvalue weighted by molar-refractivity contribution is 5.96. The molecule has 0 spiro atoms. The number of aldehydes is 1. The van der Waals surface area contributed by atoms with Crippen molar-refractivity contribution in [1.29, 1.82) is 0 Å². The van der Waals surface area contributed by atoms with Crippen LogP contribution in [0.25, 0.3) is 10.9 Å². The van der Waals surface area contributed by atoms with Crippen LogP contribution in [0.1, 0.15) is 15.9 Å². The molecule has 0 aliphatic heterocycles. The fourth-order valence-corrected chi connectivity index (χ4v) is 1.46. The molecule has 0 amide bonds. The number of hydrogen-bond donors (Lipinski definition) is 1. The topological polar surface area (TPSA) is 32.9 Å². The molecule has 0 bridgehead atoms. The van der Waals surface area contributed by atoms with Gasteiger partial charge in [-0.05, 0) is 18.2 Å². The van der Waals surface area contributed by atoms with Gasteiger partial charge in [0.25, 0.3) is 0 Å². The number of H-pyrrole nitrogens is 1. The molecule has 0 saturated carbocycles. The van der Waals surface area contributed by atoms with Crippen LogP contribution < -0.4 is 0 Å². The molecule has 78 valence electrons. The lowest BCUT2D eigenvalue weighted by atomic mass is 10.1. The quantitative estimate of drug-likeness (QED) is 0.725. The number of benzene rings is 1. The molecule has 0 unspecified atom stereocenters. The lowest BCUT2D eigenvalue weighted by Crippen LogP contribution is -2.05. The fraction of sp³-hybridized carbons (Fsp3) is 0.100. The summed E-state index contributed by atoms with van der Waals surface area (Å²) in [5, 5.41) is 0.381. The monoisotopic (exact) mass is 213 g/mol. The van der Waals surface area contributed by atoms with Gasteiger partial charge in [0.2, 0.25) is 0 Å². The first-order valence-electron chi connectivity index (χ1n) is 4.16. The van der Waals surface area contributed by atoms with Gasteiger partial charge in [0, 0.05) is 17.1 Å². The molecule has 1 aromatic heterocycles. The molecule has 0 aliphatic carbocycles. The molecular formula is C10H6F3NO. The fourth-order valence-electron chi connectivity index (χ4n) is 1.46. The molecule has 1 aromatic carbocycles. The Labute approximate surface area is 82.7 Å². The average Bonchev–Trinajstić information content (AvgIpc) is 2.62. The van der Waals surface area contributed by atoms with Gasteiger partial charge in [-0.25, -0.2) is 0 Å². The highest BCUT2D eigenvalue weighted by Gasteiger charge is 2.31. The van der Waals surface area contributed by atoms with E-state index >= 15 is 0 Å². The van der Waals surface area contributed by atoms with Crippen LogP contribution in [0.4, 0.5) is 13.2 Å². The molecule has 0 radical (unpaired) electrons. The van der Waals surface area contributed by atoms with E-state index in [9.17, 15) is 18.0 Å². The molecule has 1 N–H and O–H groups in total. The largest absolute Gasteiger partial charge is 0.416 e. The molecule has 15 heavy (non-hydrogen) atoms. The van der Waals surface area contributed by atoms with Gasteiger partial charge in [0.15, 0.2) is 6.29 Å². The summed E-state index contributed by atoms with van der Waals surface area (Å²) in [6, 6.07) is 3.35. The molecule has 5 heteroatoms. The van der Waals surface area contributed by atoms with Crippen LogP contribution in [0.3, 0.4) is 0 Å². The molecule has 2 nitrogen and oxygen atoms in total. The number of aromatic nitrogens is 1. The van der Waals surface area contributed by atoms with Crippen molar-refractivity contribution in [2.45, 2.75) is 6.18 Å².